The highest BCUT2D eigenvalue weighted by Crippen LogP contribution is 2.27. The first kappa shape index (κ1) is 14.5. The first-order chi connectivity index (χ1) is 8.15. The monoisotopic (exact) mass is 242 g/mol. The smallest absolute Gasteiger partial charge is 0.227 e. The molecule has 4 nitrogen and oxygen atoms in total. The van der Waals surface area contributed by atoms with E-state index in [4.69, 9.17) is 10.8 Å². The molecule has 2 unspecified atom stereocenters. The topological polar surface area (TPSA) is 66.6 Å². The molecule has 0 spiro atoms. The van der Waals surface area contributed by atoms with Crippen molar-refractivity contribution in [3.63, 3.8) is 0 Å². The second-order valence-corrected chi connectivity index (χ2v) is 4.93. The summed E-state index contributed by atoms with van der Waals surface area (Å²) in [5, 5.41) is 9.11. The fourth-order valence-corrected chi connectivity index (χ4v) is 2.82. The van der Waals surface area contributed by atoms with Crippen LogP contribution in [0.1, 0.15) is 46.0 Å². The molecule has 1 aliphatic carbocycles. The van der Waals surface area contributed by atoms with Crippen LogP contribution in [0.25, 0.3) is 0 Å². The first-order valence-electron chi connectivity index (χ1n) is 6.82. The Bertz CT molecular complexity index is 242. The summed E-state index contributed by atoms with van der Waals surface area (Å²) in [5.41, 5.74) is 5.99. The van der Waals surface area contributed by atoms with Crippen LogP contribution in [0.4, 0.5) is 0 Å². The first-order valence-corrected chi connectivity index (χ1v) is 6.82. The van der Waals surface area contributed by atoms with Gasteiger partial charge < -0.3 is 15.7 Å². The second-order valence-electron chi connectivity index (χ2n) is 4.93. The number of carbonyl (C=O) groups is 1. The molecule has 0 heterocycles. The fraction of sp³-hybridized carbons (Fsp3) is 0.923. The minimum Gasteiger partial charge on any atom is -0.395 e. The standard InChI is InChI=1S/C13H26N2O2/c1-3-10(4-2)15(8-9-16)13(17)11-6-5-7-12(11)14/h10-12,16H,3-9,14H2,1-2H3. The lowest BCUT2D eigenvalue weighted by Crippen LogP contribution is -2.47. The Hall–Kier alpha value is -0.610. The van der Waals surface area contributed by atoms with Crippen LogP contribution in [0, 0.1) is 5.92 Å². The molecule has 1 amide bonds. The number of amides is 1. The van der Waals surface area contributed by atoms with Gasteiger partial charge in [0.2, 0.25) is 5.91 Å². The zero-order valence-electron chi connectivity index (χ0n) is 11.1. The normalized spacial score (nSPS) is 24.3. The number of nitrogens with zero attached hydrogens (tertiary/aromatic N) is 1. The molecule has 1 fully saturated rings. The Labute approximate surface area is 104 Å². The summed E-state index contributed by atoms with van der Waals surface area (Å²) in [7, 11) is 0. The van der Waals surface area contributed by atoms with E-state index in [1.54, 1.807) is 0 Å². The highest BCUT2D eigenvalue weighted by molar-refractivity contribution is 5.80. The quantitative estimate of drug-likeness (QED) is 0.733. The fourth-order valence-electron chi connectivity index (χ4n) is 2.82. The van der Waals surface area contributed by atoms with E-state index in [1.807, 2.05) is 4.90 Å². The highest BCUT2D eigenvalue weighted by Gasteiger charge is 2.34. The summed E-state index contributed by atoms with van der Waals surface area (Å²) in [5.74, 6) is 0.125. The van der Waals surface area contributed by atoms with Crippen LogP contribution in [0.15, 0.2) is 0 Å². The van der Waals surface area contributed by atoms with Crippen LogP contribution in [0.2, 0.25) is 0 Å². The molecule has 3 N–H and O–H groups in total. The molecule has 0 bridgehead atoms. The second kappa shape index (κ2) is 6.97. The molecule has 1 saturated carbocycles. The van der Waals surface area contributed by atoms with Gasteiger partial charge >= 0.3 is 0 Å². The predicted octanol–water partition coefficient (Wildman–Crippen LogP) is 1.12. The average Bonchev–Trinajstić information content (AvgIpc) is 2.75. The number of aliphatic hydroxyl groups is 1. The molecule has 1 rings (SSSR count). The summed E-state index contributed by atoms with van der Waals surface area (Å²) in [4.78, 5) is 14.3. The van der Waals surface area contributed by atoms with Crippen molar-refractivity contribution in [1.29, 1.82) is 0 Å². The molecule has 17 heavy (non-hydrogen) atoms. The van der Waals surface area contributed by atoms with Crippen LogP contribution in [0.5, 0.6) is 0 Å². The molecule has 0 aromatic heterocycles. The number of aliphatic hydroxyl groups excluding tert-OH is 1. The number of hydrogen-bond acceptors (Lipinski definition) is 3. The van der Waals surface area contributed by atoms with E-state index >= 15 is 0 Å². The van der Waals surface area contributed by atoms with Crippen molar-refractivity contribution in [2.75, 3.05) is 13.2 Å². The van der Waals surface area contributed by atoms with Crippen LogP contribution in [0.3, 0.4) is 0 Å². The van der Waals surface area contributed by atoms with Crippen LogP contribution in [-0.2, 0) is 4.79 Å². The molecule has 1 aliphatic rings. The Morgan fingerprint density at radius 3 is 2.47 bits per heavy atom. The van der Waals surface area contributed by atoms with Crippen LogP contribution >= 0.6 is 0 Å². The Morgan fingerprint density at radius 2 is 2.06 bits per heavy atom. The van der Waals surface area contributed by atoms with Gasteiger partial charge in [-0.3, -0.25) is 4.79 Å². The van der Waals surface area contributed by atoms with Gasteiger partial charge in [-0.05, 0) is 25.7 Å². The predicted molar refractivity (Wildman–Crippen MR) is 68.5 cm³/mol. The third-order valence-electron chi connectivity index (χ3n) is 3.89. The molecule has 0 radical (unpaired) electrons. The summed E-state index contributed by atoms with van der Waals surface area (Å²) < 4.78 is 0. The number of carbonyl (C=O) groups excluding carboxylic acids is 1. The molecule has 0 saturated heterocycles. The third kappa shape index (κ3) is 3.42. The summed E-state index contributed by atoms with van der Waals surface area (Å²) in [6.45, 7) is 4.64. The Balaban J connectivity index is 2.71. The van der Waals surface area contributed by atoms with Crippen LogP contribution < -0.4 is 5.73 Å². The maximum atomic E-state index is 12.4. The van der Waals surface area contributed by atoms with Crippen molar-refractivity contribution in [3.8, 4) is 0 Å². The number of hydrogen-bond donors (Lipinski definition) is 2. The summed E-state index contributed by atoms with van der Waals surface area (Å²) >= 11 is 0. The Kier molecular flexibility index (Phi) is 5.92. The number of rotatable bonds is 6. The van der Waals surface area contributed by atoms with Crippen molar-refractivity contribution >= 4 is 5.91 Å². The molecule has 2 atom stereocenters. The zero-order valence-corrected chi connectivity index (χ0v) is 11.1. The molecule has 0 aromatic rings. The molecule has 0 aliphatic heterocycles. The van der Waals surface area contributed by atoms with Gasteiger partial charge in [-0.15, -0.1) is 0 Å². The minimum atomic E-state index is -0.0258. The van der Waals surface area contributed by atoms with Crippen molar-refractivity contribution < 1.29 is 9.90 Å². The molecule has 4 heteroatoms. The van der Waals surface area contributed by atoms with Crippen molar-refractivity contribution in [3.05, 3.63) is 0 Å². The third-order valence-corrected chi connectivity index (χ3v) is 3.89. The lowest BCUT2D eigenvalue weighted by Gasteiger charge is -2.33. The highest BCUT2D eigenvalue weighted by atomic mass is 16.3. The molecular formula is C13H26N2O2. The van der Waals surface area contributed by atoms with Crippen molar-refractivity contribution in [1.82, 2.24) is 4.90 Å². The van der Waals surface area contributed by atoms with Crippen molar-refractivity contribution in [2.24, 2.45) is 11.7 Å². The van der Waals surface area contributed by atoms with E-state index in [-0.39, 0.29) is 30.5 Å². The maximum Gasteiger partial charge on any atom is 0.227 e. The largest absolute Gasteiger partial charge is 0.395 e. The van der Waals surface area contributed by atoms with E-state index < -0.39 is 0 Å². The van der Waals surface area contributed by atoms with Gasteiger partial charge in [0.15, 0.2) is 0 Å². The van der Waals surface area contributed by atoms with E-state index in [0.29, 0.717) is 6.54 Å². The lowest BCUT2D eigenvalue weighted by atomic mass is 10.00. The Morgan fingerprint density at radius 1 is 1.41 bits per heavy atom. The zero-order chi connectivity index (χ0) is 12.8. The summed E-state index contributed by atoms with van der Waals surface area (Å²) in [6.07, 6.45) is 4.77. The van der Waals surface area contributed by atoms with E-state index in [0.717, 1.165) is 32.1 Å². The molecule has 0 aromatic carbocycles. The van der Waals surface area contributed by atoms with Gasteiger partial charge in [-0.1, -0.05) is 20.3 Å². The summed E-state index contributed by atoms with van der Waals surface area (Å²) in [6, 6.07) is 0.250. The van der Waals surface area contributed by atoms with Crippen LogP contribution in [-0.4, -0.2) is 41.1 Å². The lowest BCUT2D eigenvalue weighted by molar-refractivity contribution is -0.139. The van der Waals surface area contributed by atoms with Gasteiger partial charge in [0.05, 0.1) is 12.5 Å². The van der Waals surface area contributed by atoms with Gasteiger partial charge in [-0.25, -0.2) is 0 Å². The van der Waals surface area contributed by atoms with E-state index in [2.05, 4.69) is 13.8 Å². The van der Waals surface area contributed by atoms with E-state index in [9.17, 15) is 4.79 Å². The van der Waals surface area contributed by atoms with Gasteiger partial charge in [0.25, 0.3) is 0 Å². The SMILES string of the molecule is CCC(CC)N(CCO)C(=O)C1CCCC1N. The minimum absolute atomic E-state index is 0.0121. The van der Waals surface area contributed by atoms with Gasteiger partial charge in [0.1, 0.15) is 0 Å². The molecular weight excluding hydrogens is 216 g/mol. The average molecular weight is 242 g/mol. The maximum absolute atomic E-state index is 12.4. The van der Waals surface area contributed by atoms with Crippen molar-refractivity contribution in [2.45, 2.75) is 58.0 Å². The van der Waals surface area contributed by atoms with Gasteiger partial charge in [-0.2, -0.15) is 0 Å². The van der Waals surface area contributed by atoms with E-state index in [1.165, 1.54) is 0 Å². The van der Waals surface area contributed by atoms with Gasteiger partial charge in [0, 0.05) is 18.6 Å². The molecule has 100 valence electrons. The number of nitrogens with two attached hydrogens (primary N) is 1.